The van der Waals surface area contributed by atoms with Crippen LogP contribution in [-0.4, -0.2) is 22.3 Å². The highest BCUT2D eigenvalue weighted by Gasteiger charge is 2.32. The monoisotopic (exact) mass is 377 g/mol. The fraction of sp³-hybridized carbons (Fsp3) is 0.391. The first kappa shape index (κ1) is 18.7. The average molecular weight is 377 g/mol. The molecule has 1 amide bonds. The molecule has 5 nitrogen and oxygen atoms in total. The summed E-state index contributed by atoms with van der Waals surface area (Å²) in [7, 11) is 0. The molecule has 1 aromatic heterocycles. The van der Waals surface area contributed by atoms with Gasteiger partial charge in [-0.1, -0.05) is 36.4 Å². The van der Waals surface area contributed by atoms with Crippen LogP contribution < -0.4 is 10.6 Å². The molecule has 146 valence electrons. The third-order valence-corrected chi connectivity index (χ3v) is 5.87. The quantitative estimate of drug-likeness (QED) is 0.765. The molecular formula is C23H27N3O2. The number of aromatic nitrogens is 1. The lowest BCUT2D eigenvalue weighted by molar-refractivity contribution is -0.122. The number of allylic oxidation sites excluding steroid dienone is 1. The molecule has 5 heteroatoms. The predicted octanol–water partition coefficient (Wildman–Crippen LogP) is 3.16. The number of pyridine rings is 1. The third kappa shape index (κ3) is 4.09. The van der Waals surface area contributed by atoms with E-state index < -0.39 is 6.35 Å². The lowest BCUT2D eigenvalue weighted by Gasteiger charge is -2.35. The topological polar surface area (TPSA) is 74.2 Å². The van der Waals surface area contributed by atoms with Gasteiger partial charge >= 0.3 is 0 Å². The van der Waals surface area contributed by atoms with Crippen LogP contribution in [0.1, 0.15) is 48.6 Å². The average Bonchev–Trinajstić information content (AvgIpc) is 2.71. The molecule has 2 aromatic rings. The van der Waals surface area contributed by atoms with Gasteiger partial charge < -0.3 is 15.7 Å². The Morgan fingerprint density at radius 1 is 0.964 bits per heavy atom. The van der Waals surface area contributed by atoms with Gasteiger partial charge in [-0.2, -0.15) is 0 Å². The van der Waals surface area contributed by atoms with E-state index in [1.165, 1.54) is 5.56 Å². The van der Waals surface area contributed by atoms with Crippen LogP contribution in [0.3, 0.4) is 0 Å². The van der Waals surface area contributed by atoms with Crippen molar-refractivity contribution in [2.45, 2.75) is 51.3 Å². The molecule has 1 fully saturated rings. The van der Waals surface area contributed by atoms with Gasteiger partial charge in [0.2, 0.25) is 6.35 Å². The van der Waals surface area contributed by atoms with E-state index in [1.807, 2.05) is 25.1 Å². The zero-order valence-electron chi connectivity index (χ0n) is 16.2. The zero-order chi connectivity index (χ0) is 19.5. The van der Waals surface area contributed by atoms with E-state index in [4.69, 9.17) is 0 Å². The lowest BCUT2D eigenvalue weighted by Crippen LogP contribution is -2.52. The number of aryl methyl sites for hydroxylation is 1. The second-order valence-corrected chi connectivity index (χ2v) is 7.82. The summed E-state index contributed by atoms with van der Waals surface area (Å²) < 4.78 is 0. The number of nitrogens with zero attached hydrogens (tertiary/aromatic N) is 1. The Balaban J connectivity index is 1.55. The number of rotatable bonds is 4. The van der Waals surface area contributed by atoms with E-state index in [2.05, 4.69) is 45.9 Å². The van der Waals surface area contributed by atoms with E-state index in [-0.39, 0.29) is 11.8 Å². The molecule has 1 atom stereocenters. The van der Waals surface area contributed by atoms with Gasteiger partial charge in [-0.15, -0.1) is 0 Å². The Bertz CT molecular complexity index is 870. The minimum atomic E-state index is -1.02. The van der Waals surface area contributed by atoms with E-state index >= 15 is 0 Å². The van der Waals surface area contributed by atoms with Gasteiger partial charge in [0.15, 0.2) is 0 Å². The first-order chi connectivity index (χ1) is 13.6. The molecular weight excluding hydrogens is 350 g/mol. The number of amides is 1. The Morgan fingerprint density at radius 2 is 1.68 bits per heavy atom. The maximum Gasteiger partial charge on any atom is 0.252 e. The second kappa shape index (κ2) is 8.15. The standard InChI is InChI=1S/C23H27N3O2/c1-15-6-5-9-19(24-15)14-20-21(25-23(28)26-22(20)27)18-12-10-17(11-13-18)16-7-3-2-4-8-16/h2-9,17-18,23,25,28H,10-14H2,1H3,(H,26,27)/t17-,18-,23?. The molecule has 28 heavy (non-hydrogen) atoms. The summed E-state index contributed by atoms with van der Waals surface area (Å²) >= 11 is 0. The third-order valence-electron chi connectivity index (χ3n) is 5.87. The molecule has 1 unspecified atom stereocenters. The van der Waals surface area contributed by atoms with Crippen molar-refractivity contribution in [3.8, 4) is 0 Å². The van der Waals surface area contributed by atoms with Crippen LogP contribution >= 0.6 is 0 Å². The molecule has 0 bridgehead atoms. The molecule has 1 aliphatic heterocycles. The first-order valence-corrected chi connectivity index (χ1v) is 10.1. The fourth-order valence-corrected chi connectivity index (χ4v) is 4.46. The molecule has 0 saturated heterocycles. The number of hydrogen-bond acceptors (Lipinski definition) is 4. The smallest absolute Gasteiger partial charge is 0.252 e. The van der Waals surface area contributed by atoms with Gasteiger partial charge in [-0.3, -0.25) is 9.78 Å². The van der Waals surface area contributed by atoms with Crippen molar-refractivity contribution in [3.05, 3.63) is 76.8 Å². The van der Waals surface area contributed by atoms with Crippen LogP contribution in [0.2, 0.25) is 0 Å². The predicted molar refractivity (Wildman–Crippen MR) is 108 cm³/mol. The summed E-state index contributed by atoms with van der Waals surface area (Å²) in [4.78, 5) is 17.2. The number of carbonyl (C=O) groups is 1. The van der Waals surface area contributed by atoms with Gasteiger partial charge in [0.1, 0.15) is 0 Å². The van der Waals surface area contributed by atoms with E-state index in [0.717, 1.165) is 42.8 Å². The Hall–Kier alpha value is -2.66. The van der Waals surface area contributed by atoms with Gasteiger partial charge in [-0.05, 0) is 62.1 Å². The fourth-order valence-electron chi connectivity index (χ4n) is 4.46. The first-order valence-electron chi connectivity index (χ1n) is 10.1. The number of benzene rings is 1. The highest BCUT2D eigenvalue weighted by Crippen LogP contribution is 2.39. The largest absolute Gasteiger partial charge is 0.356 e. The molecule has 4 rings (SSSR count). The molecule has 0 radical (unpaired) electrons. The number of nitrogens with one attached hydrogen (secondary N) is 2. The summed E-state index contributed by atoms with van der Waals surface area (Å²) in [6.07, 6.45) is 3.64. The SMILES string of the molecule is Cc1cccc(CC2=C([C@H]3CC[C@H](c4ccccc4)CC3)NC(O)NC2=O)n1. The zero-order valence-corrected chi connectivity index (χ0v) is 16.2. The molecule has 1 saturated carbocycles. The summed E-state index contributed by atoms with van der Waals surface area (Å²) in [5.74, 6) is 0.637. The van der Waals surface area contributed by atoms with Gasteiger partial charge in [0.25, 0.3) is 5.91 Å². The minimum Gasteiger partial charge on any atom is -0.356 e. The van der Waals surface area contributed by atoms with Crippen LogP contribution in [0, 0.1) is 12.8 Å². The molecule has 2 heterocycles. The Labute approximate surface area is 165 Å². The molecule has 1 aromatic carbocycles. The highest BCUT2D eigenvalue weighted by atomic mass is 16.3. The van der Waals surface area contributed by atoms with Crippen LogP contribution in [0.5, 0.6) is 0 Å². The molecule has 3 N–H and O–H groups in total. The van der Waals surface area contributed by atoms with Crippen molar-refractivity contribution in [3.63, 3.8) is 0 Å². The normalized spacial score (nSPS) is 25.2. The van der Waals surface area contributed by atoms with Gasteiger partial charge in [0, 0.05) is 29.1 Å². The van der Waals surface area contributed by atoms with Crippen LogP contribution in [-0.2, 0) is 11.2 Å². The van der Waals surface area contributed by atoms with Crippen LogP contribution in [0.25, 0.3) is 0 Å². The number of aliphatic hydroxyl groups is 1. The van der Waals surface area contributed by atoms with E-state index in [1.54, 1.807) is 0 Å². The number of carbonyl (C=O) groups excluding carboxylic acids is 1. The summed E-state index contributed by atoms with van der Waals surface area (Å²) in [5, 5.41) is 15.8. The maximum absolute atomic E-state index is 12.6. The van der Waals surface area contributed by atoms with Crippen LogP contribution in [0.15, 0.2) is 59.8 Å². The second-order valence-electron chi connectivity index (χ2n) is 7.82. The summed E-state index contributed by atoms with van der Waals surface area (Å²) in [5.41, 5.74) is 4.80. The maximum atomic E-state index is 12.6. The van der Waals surface area contributed by atoms with Crippen molar-refractivity contribution in [1.82, 2.24) is 15.6 Å². The van der Waals surface area contributed by atoms with Crippen molar-refractivity contribution >= 4 is 5.91 Å². The number of hydrogen-bond donors (Lipinski definition) is 3. The summed E-state index contributed by atoms with van der Waals surface area (Å²) in [6, 6.07) is 16.5. The van der Waals surface area contributed by atoms with Crippen molar-refractivity contribution in [1.29, 1.82) is 0 Å². The molecule has 1 aliphatic carbocycles. The molecule has 2 aliphatic rings. The van der Waals surface area contributed by atoms with Gasteiger partial charge in [0.05, 0.1) is 0 Å². The van der Waals surface area contributed by atoms with E-state index in [9.17, 15) is 9.90 Å². The lowest BCUT2D eigenvalue weighted by atomic mass is 9.76. The Kier molecular flexibility index (Phi) is 5.44. The Morgan fingerprint density at radius 3 is 2.39 bits per heavy atom. The van der Waals surface area contributed by atoms with Crippen molar-refractivity contribution in [2.24, 2.45) is 5.92 Å². The minimum absolute atomic E-state index is 0.199. The summed E-state index contributed by atoms with van der Waals surface area (Å²) in [6.45, 7) is 1.95. The highest BCUT2D eigenvalue weighted by molar-refractivity contribution is 5.95. The van der Waals surface area contributed by atoms with Crippen molar-refractivity contribution in [2.75, 3.05) is 0 Å². The molecule has 0 spiro atoms. The van der Waals surface area contributed by atoms with Crippen molar-refractivity contribution < 1.29 is 9.90 Å². The number of aliphatic hydroxyl groups excluding tert-OH is 1. The van der Waals surface area contributed by atoms with Crippen LogP contribution in [0.4, 0.5) is 0 Å². The van der Waals surface area contributed by atoms with Gasteiger partial charge in [-0.25, -0.2) is 0 Å². The van der Waals surface area contributed by atoms with E-state index in [0.29, 0.717) is 17.9 Å².